The SMILES string of the molecule is CC(O)C(C)N1CC(CN)CC1C. The molecular formula is C10H22N2O. The highest BCUT2D eigenvalue weighted by Gasteiger charge is 2.32. The van der Waals surface area contributed by atoms with E-state index in [1.54, 1.807) is 0 Å². The first kappa shape index (κ1) is 11.0. The van der Waals surface area contributed by atoms with Crippen molar-refractivity contribution in [3.8, 4) is 0 Å². The van der Waals surface area contributed by atoms with E-state index in [0.717, 1.165) is 13.1 Å². The van der Waals surface area contributed by atoms with Crippen molar-refractivity contribution in [3.63, 3.8) is 0 Å². The van der Waals surface area contributed by atoms with Crippen molar-refractivity contribution in [1.82, 2.24) is 4.90 Å². The molecule has 4 unspecified atom stereocenters. The van der Waals surface area contributed by atoms with Crippen LogP contribution in [-0.2, 0) is 0 Å². The maximum Gasteiger partial charge on any atom is 0.0664 e. The lowest BCUT2D eigenvalue weighted by atomic mass is 10.1. The van der Waals surface area contributed by atoms with E-state index >= 15 is 0 Å². The summed E-state index contributed by atoms with van der Waals surface area (Å²) < 4.78 is 0. The molecule has 0 aliphatic carbocycles. The van der Waals surface area contributed by atoms with Gasteiger partial charge >= 0.3 is 0 Å². The van der Waals surface area contributed by atoms with Crippen LogP contribution in [0.15, 0.2) is 0 Å². The van der Waals surface area contributed by atoms with Crippen LogP contribution in [0.1, 0.15) is 27.2 Å². The fourth-order valence-electron chi connectivity index (χ4n) is 2.19. The van der Waals surface area contributed by atoms with Gasteiger partial charge in [-0.05, 0) is 39.7 Å². The number of hydrogen-bond donors (Lipinski definition) is 2. The van der Waals surface area contributed by atoms with Gasteiger partial charge in [-0.1, -0.05) is 0 Å². The second-order valence-electron chi connectivity index (χ2n) is 4.36. The molecule has 0 spiro atoms. The fourth-order valence-corrected chi connectivity index (χ4v) is 2.19. The lowest BCUT2D eigenvalue weighted by Gasteiger charge is -2.30. The van der Waals surface area contributed by atoms with Crippen molar-refractivity contribution >= 4 is 0 Å². The number of likely N-dealkylation sites (tertiary alicyclic amines) is 1. The molecule has 0 radical (unpaired) electrons. The molecule has 3 N–H and O–H groups in total. The zero-order valence-corrected chi connectivity index (χ0v) is 8.90. The number of nitrogens with zero attached hydrogens (tertiary/aromatic N) is 1. The standard InChI is InChI=1S/C10H22N2O/c1-7-4-10(5-11)6-12(7)8(2)9(3)13/h7-10,13H,4-6,11H2,1-3H3. The van der Waals surface area contributed by atoms with E-state index in [4.69, 9.17) is 5.73 Å². The van der Waals surface area contributed by atoms with Crippen LogP contribution in [-0.4, -0.2) is 41.3 Å². The maximum absolute atomic E-state index is 9.49. The summed E-state index contributed by atoms with van der Waals surface area (Å²) in [6.45, 7) is 7.97. The normalized spacial score (nSPS) is 34.8. The fraction of sp³-hybridized carbons (Fsp3) is 1.00. The van der Waals surface area contributed by atoms with Crippen LogP contribution in [0.3, 0.4) is 0 Å². The molecule has 0 bridgehead atoms. The average molecular weight is 186 g/mol. The largest absolute Gasteiger partial charge is 0.392 e. The van der Waals surface area contributed by atoms with Crippen LogP contribution < -0.4 is 5.73 Å². The summed E-state index contributed by atoms with van der Waals surface area (Å²) in [5, 5.41) is 9.49. The molecule has 13 heavy (non-hydrogen) atoms. The van der Waals surface area contributed by atoms with Crippen LogP contribution in [0.25, 0.3) is 0 Å². The minimum atomic E-state index is -0.251. The predicted octanol–water partition coefficient (Wildman–Crippen LogP) is 0.425. The Morgan fingerprint density at radius 3 is 2.54 bits per heavy atom. The van der Waals surface area contributed by atoms with Crippen molar-refractivity contribution < 1.29 is 5.11 Å². The molecule has 3 heteroatoms. The Balaban J connectivity index is 2.51. The van der Waals surface area contributed by atoms with Gasteiger partial charge < -0.3 is 10.8 Å². The van der Waals surface area contributed by atoms with Gasteiger partial charge in [0.2, 0.25) is 0 Å². The summed E-state index contributed by atoms with van der Waals surface area (Å²) in [4.78, 5) is 2.36. The summed E-state index contributed by atoms with van der Waals surface area (Å²) >= 11 is 0. The smallest absolute Gasteiger partial charge is 0.0664 e. The van der Waals surface area contributed by atoms with Gasteiger partial charge in [-0.25, -0.2) is 0 Å². The van der Waals surface area contributed by atoms with Crippen molar-refractivity contribution in [1.29, 1.82) is 0 Å². The Morgan fingerprint density at radius 2 is 2.15 bits per heavy atom. The molecule has 0 aromatic rings. The molecular weight excluding hydrogens is 164 g/mol. The van der Waals surface area contributed by atoms with Crippen molar-refractivity contribution in [3.05, 3.63) is 0 Å². The van der Waals surface area contributed by atoms with Gasteiger partial charge in [0.05, 0.1) is 6.10 Å². The summed E-state index contributed by atoms with van der Waals surface area (Å²) in [5.74, 6) is 0.621. The van der Waals surface area contributed by atoms with Gasteiger partial charge in [-0.3, -0.25) is 4.90 Å². The minimum Gasteiger partial charge on any atom is -0.392 e. The summed E-state index contributed by atoms with van der Waals surface area (Å²) in [6.07, 6.45) is 0.923. The number of nitrogens with two attached hydrogens (primary N) is 1. The van der Waals surface area contributed by atoms with Gasteiger partial charge in [0.25, 0.3) is 0 Å². The molecule has 0 saturated carbocycles. The van der Waals surface area contributed by atoms with E-state index in [0.29, 0.717) is 12.0 Å². The van der Waals surface area contributed by atoms with Crippen molar-refractivity contribution in [2.75, 3.05) is 13.1 Å². The Kier molecular flexibility index (Phi) is 3.71. The van der Waals surface area contributed by atoms with Crippen LogP contribution in [0, 0.1) is 5.92 Å². The first-order valence-corrected chi connectivity index (χ1v) is 5.20. The van der Waals surface area contributed by atoms with E-state index in [1.165, 1.54) is 6.42 Å². The average Bonchev–Trinajstić information content (AvgIpc) is 2.45. The van der Waals surface area contributed by atoms with Gasteiger partial charge in [0.1, 0.15) is 0 Å². The van der Waals surface area contributed by atoms with Gasteiger partial charge in [-0.15, -0.1) is 0 Å². The third-order valence-electron chi connectivity index (χ3n) is 3.26. The third kappa shape index (κ3) is 2.42. The zero-order chi connectivity index (χ0) is 10.0. The monoisotopic (exact) mass is 186 g/mol. The first-order chi connectivity index (χ1) is 6.06. The maximum atomic E-state index is 9.49. The molecule has 0 amide bonds. The summed E-state index contributed by atoms with van der Waals surface area (Å²) in [7, 11) is 0. The number of hydrogen-bond acceptors (Lipinski definition) is 3. The quantitative estimate of drug-likeness (QED) is 0.672. The zero-order valence-electron chi connectivity index (χ0n) is 8.90. The molecule has 0 aromatic carbocycles. The molecule has 1 aliphatic rings. The third-order valence-corrected chi connectivity index (χ3v) is 3.26. The predicted molar refractivity (Wildman–Crippen MR) is 54.5 cm³/mol. The van der Waals surface area contributed by atoms with Crippen LogP contribution in [0.2, 0.25) is 0 Å². The van der Waals surface area contributed by atoms with E-state index in [-0.39, 0.29) is 12.1 Å². The minimum absolute atomic E-state index is 0.251. The first-order valence-electron chi connectivity index (χ1n) is 5.20. The van der Waals surface area contributed by atoms with Gasteiger partial charge in [-0.2, -0.15) is 0 Å². The Labute approximate surface area is 80.9 Å². The molecule has 1 rings (SSSR count). The second kappa shape index (κ2) is 4.40. The molecule has 4 atom stereocenters. The lowest BCUT2D eigenvalue weighted by molar-refractivity contribution is 0.0656. The summed E-state index contributed by atoms with van der Waals surface area (Å²) in [6, 6.07) is 0.824. The molecule has 1 fully saturated rings. The molecule has 78 valence electrons. The van der Waals surface area contributed by atoms with Gasteiger partial charge in [0, 0.05) is 18.6 Å². The number of rotatable bonds is 3. The number of aliphatic hydroxyl groups excluding tert-OH is 1. The van der Waals surface area contributed by atoms with Crippen LogP contribution >= 0.6 is 0 Å². The van der Waals surface area contributed by atoms with E-state index < -0.39 is 0 Å². The van der Waals surface area contributed by atoms with E-state index in [1.807, 2.05) is 6.92 Å². The molecule has 1 saturated heterocycles. The molecule has 1 aliphatic heterocycles. The Hall–Kier alpha value is -0.120. The van der Waals surface area contributed by atoms with Crippen molar-refractivity contribution in [2.45, 2.75) is 45.4 Å². The van der Waals surface area contributed by atoms with Crippen LogP contribution in [0.4, 0.5) is 0 Å². The topological polar surface area (TPSA) is 49.5 Å². The number of aliphatic hydroxyl groups is 1. The Morgan fingerprint density at radius 1 is 1.54 bits per heavy atom. The highest BCUT2D eigenvalue weighted by atomic mass is 16.3. The van der Waals surface area contributed by atoms with Crippen LogP contribution in [0.5, 0.6) is 0 Å². The molecule has 3 nitrogen and oxygen atoms in total. The Bertz CT molecular complexity index is 161. The van der Waals surface area contributed by atoms with Crippen molar-refractivity contribution in [2.24, 2.45) is 11.7 Å². The highest BCUT2D eigenvalue weighted by Crippen LogP contribution is 2.25. The second-order valence-corrected chi connectivity index (χ2v) is 4.36. The highest BCUT2D eigenvalue weighted by molar-refractivity contribution is 4.87. The van der Waals surface area contributed by atoms with Gasteiger partial charge in [0.15, 0.2) is 0 Å². The summed E-state index contributed by atoms with van der Waals surface area (Å²) in [5.41, 5.74) is 5.65. The van der Waals surface area contributed by atoms with E-state index in [2.05, 4.69) is 18.7 Å². The molecule has 0 aromatic heterocycles. The van der Waals surface area contributed by atoms with E-state index in [9.17, 15) is 5.11 Å². The lowest BCUT2D eigenvalue weighted by Crippen LogP contribution is -2.42. The molecule has 1 heterocycles.